The lowest BCUT2D eigenvalue weighted by Crippen LogP contribution is -2.35. The van der Waals surface area contributed by atoms with E-state index in [0.29, 0.717) is 13.2 Å². The molecule has 0 saturated heterocycles. The van der Waals surface area contributed by atoms with Gasteiger partial charge in [-0.1, -0.05) is 41.5 Å². The average Bonchev–Trinajstić information content (AvgIpc) is 3.04. The summed E-state index contributed by atoms with van der Waals surface area (Å²) in [6.45, 7) is 15.7. The Bertz CT molecular complexity index is 794. The third-order valence-corrected chi connectivity index (χ3v) is 9.14. The molecule has 6 nitrogen and oxygen atoms in total. The van der Waals surface area contributed by atoms with Gasteiger partial charge in [0.2, 0.25) is 0 Å². The Kier molecular flexibility index (Phi) is 7.69. The molecule has 0 aromatic carbocycles. The minimum atomic E-state index is -4.02. The van der Waals surface area contributed by atoms with Gasteiger partial charge in [0.1, 0.15) is 6.61 Å². The van der Waals surface area contributed by atoms with Crippen molar-refractivity contribution in [3.8, 4) is 11.5 Å². The van der Waals surface area contributed by atoms with Crippen molar-refractivity contribution in [3.05, 3.63) is 9.75 Å². The van der Waals surface area contributed by atoms with Crippen LogP contribution in [0.5, 0.6) is 11.5 Å². The van der Waals surface area contributed by atoms with Crippen molar-refractivity contribution in [2.45, 2.75) is 89.9 Å². The number of rotatable bonds is 10. The van der Waals surface area contributed by atoms with Crippen molar-refractivity contribution >= 4 is 21.5 Å². The Balaban J connectivity index is 2.14. The molecule has 0 saturated carbocycles. The summed E-state index contributed by atoms with van der Waals surface area (Å²) in [5.74, 6) is 1.71. The first-order valence-electron chi connectivity index (χ1n) is 10.3. The second-order valence-electron chi connectivity index (χ2n) is 9.13. The van der Waals surface area contributed by atoms with Crippen LogP contribution in [0, 0.1) is 0 Å². The van der Waals surface area contributed by atoms with Crippen molar-refractivity contribution in [2.75, 3.05) is 19.8 Å². The molecule has 0 aliphatic carbocycles. The lowest BCUT2D eigenvalue weighted by Gasteiger charge is -2.30. The van der Waals surface area contributed by atoms with Gasteiger partial charge in [0.05, 0.1) is 21.6 Å². The molecule has 0 bridgehead atoms. The smallest absolute Gasteiger partial charge is 0.267 e. The van der Waals surface area contributed by atoms with Gasteiger partial charge in [-0.25, -0.2) is 0 Å². The quantitative estimate of drug-likeness (QED) is 0.403. The van der Waals surface area contributed by atoms with E-state index in [2.05, 4.69) is 41.5 Å². The van der Waals surface area contributed by atoms with E-state index in [-0.39, 0.29) is 30.0 Å². The van der Waals surface area contributed by atoms with Gasteiger partial charge in [0, 0.05) is 17.4 Å². The Labute approximate surface area is 179 Å². The Hall–Kier alpha value is -0.830. The molecule has 0 radical (unpaired) electrons. The molecule has 2 unspecified atom stereocenters. The third-order valence-electron chi connectivity index (χ3n) is 6.00. The van der Waals surface area contributed by atoms with Crippen LogP contribution in [0.3, 0.4) is 0 Å². The summed E-state index contributed by atoms with van der Waals surface area (Å²) in [4.78, 5) is 2.43. The summed E-state index contributed by atoms with van der Waals surface area (Å²) < 4.78 is 49.4. The predicted octanol–water partition coefficient (Wildman–Crippen LogP) is 4.95. The number of hydrogen-bond acceptors (Lipinski definition) is 6. The predicted molar refractivity (Wildman–Crippen MR) is 117 cm³/mol. The van der Waals surface area contributed by atoms with Gasteiger partial charge < -0.3 is 14.2 Å². The maximum absolute atomic E-state index is 11.1. The maximum atomic E-state index is 11.1. The molecule has 2 atom stereocenters. The first kappa shape index (κ1) is 24.4. The molecular formula is C21H36O6S2. The molecule has 1 N–H and O–H groups in total. The fourth-order valence-electron chi connectivity index (χ4n) is 2.92. The van der Waals surface area contributed by atoms with Crippen molar-refractivity contribution < 1.29 is 27.2 Å². The lowest BCUT2D eigenvalue weighted by molar-refractivity contribution is 0.00706. The summed E-state index contributed by atoms with van der Waals surface area (Å²) in [5.41, 5.74) is -0.0106. The largest absolute Gasteiger partial charge is 0.485 e. The fourth-order valence-corrected chi connectivity index (χ4v) is 4.84. The maximum Gasteiger partial charge on any atom is 0.267 e. The number of thiophene rings is 1. The SMILES string of the molecule is CCC(C)(C)c1sc(C(C)(C)CC)c2c1OCC(COCCC(C)S(=O)(=O)O)O2. The first-order chi connectivity index (χ1) is 13.3. The van der Waals surface area contributed by atoms with Gasteiger partial charge in [-0.05, 0) is 26.2 Å². The van der Waals surface area contributed by atoms with Crippen molar-refractivity contribution in [1.29, 1.82) is 0 Å². The Morgan fingerprint density at radius 1 is 1.14 bits per heavy atom. The normalized spacial score (nSPS) is 18.7. The van der Waals surface area contributed by atoms with E-state index < -0.39 is 15.4 Å². The van der Waals surface area contributed by atoms with Gasteiger partial charge in [0.15, 0.2) is 17.6 Å². The molecule has 1 aromatic heterocycles. The standard InChI is InChI=1S/C21H36O6S2/c1-8-20(4,5)18-16-17(19(28-18)21(6,7)9-2)27-15(13-26-16)12-25-11-10-14(3)29(22,23)24/h14-15H,8-13H2,1-7H3,(H,22,23,24). The van der Waals surface area contributed by atoms with Crippen LogP contribution in [0.4, 0.5) is 0 Å². The average molecular weight is 449 g/mol. The van der Waals surface area contributed by atoms with E-state index in [9.17, 15) is 8.42 Å². The molecule has 1 aliphatic heterocycles. The van der Waals surface area contributed by atoms with Crippen LogP contribution in [-0.2, 0) is 25.7 Å². The molecule has 1 aliphatic rings. The second kappa shape index (κ2) is 9.12. The van der Waals surface area contributed by atoms with Gasteiger partial charge in [-0.15, -0.1) is 11.3 Å². The van der Waals surface area contributed by atoms with Crippen molar-refractivity contribution in [2.24, 2.45) is 0 Å². The highest BCUT2D eigenvalue weighted by Gasteiger charge is 2.38. The summed E-state index contributed by atoms with van der Waals surface area (Å²) in [6, 6.07) is 0. The van der Waals surface area contributed by atoms with Gasteiger partial charge in [-0.3, -0.25) is 4.55 Å². The number of hydrogen-bond donors (Lipinski definition) is 1. The van der Waals surface area contributed by atoms with E-state index in [4.69, 9.17) is 18.8 Å². The van der Waals surface area contributed by atoms with E-state index in [1.165, 1.54) is 16.7 Å². The van der Waals surface area contributed by atoms with Crippen LogP contribution >= 0.6 is 11.3 Å². The monoisotopic (exact) mass is 448 g/mol. The van der Waals surface area contributed by atoms with Crippen LogP contribution in [0.1, 0.15) is 77.5 Å². The van der Waals surface area contributed by atoms with E-state index in [1.54, 1.807) is 11.3 Å². The first-order valence-corrected chi connectivity index (χ1v) is 12.7. The second-order valence-corrected chi connectivity index (χ2v) is 12.0. The summed E-state index contributed by atoms with van der Waals surface area (Å²) in [6.07, 6.45) is 1.98. The van der Waals surface area contributed by atoms with E-state index >= 15 is 0 Å². The van der Waals surface area contributed by atoms with Crippen LogP contribution in [0.2, 0.25) is 0 Å². The molecule has 0 spiro atoms. The molecule has 2 rings (SSSR count). The molecule has 0 fully saturated rings. The van der Waals surface area contributed by atoms with Gasteiger partial charge in [-0.2, -0.15) is 8.42 Å². The van der Waals surface area contributed by atoms with Gasteiger partial charge in [0.25, 0.3) is 10.1 Å². The fraction of sp³-hybridized carbons (Fsp3) is 0.810. The third kappa shape index (κ3) is 5.66. The molecule has 0 amide bonds. The summed E-state index contributed by atoms with van der Waals surface area (Å²) >= 11 is 1.79. The minimum Gasteiger partial charge on any atom is -0.485 e. The minimum absolute atomic E-state index is 0.00937. The van der Waals surface area contributed by atoms with E-state index in [1.807, 2.05) is 0 Å². The van der Waals surface area contributed by atoms with Crippen molar-refractivity contribution in [3.63, 3.8) is 0 Å². The summed E-state index contributed by atoms with van der Waals surface area (Å²) in [7, 11) is -4.02. The topological polar surface area (TPSA) is 82.1 Å². The molecule has 29 heavy (non-hydrogen) atoms. The highest BCUT2D eigenvalue weighted by atomic mass is 32.2. The van der Waals surface area contributed by atoms with Gasteiger partial charge >= 0.3 is 0 Å². The van der Waals surface area contributed by atoms with Crippen LogP contribution in [-0.4, -0.2) is 44.1 Å². The van der Waals surface area contributed by atoms with Crippen LogP contribution in [0.15, 0.2) is 0 Å². The molecule has 8 heteroatoms. The zero-order chi connectivity index (χ0) is 22.0. The zero-order valence-electron chi connectivity index (χ0n) is 18.7. The molecular weight excluding hydrogens is 412 g/mol. The van der Waals surface area contributed by atoms with Crippen LogP contribution in [0.25, 0.3) is 0 Å². The summed E-state index contributed by atoms with van der Waals surface area (Å²) in [5, 5.41) is -0.842. The Morgan fingerprint density at radius 3 is 2.21 bits per heavy atom. The van der Waals surface area contributed by atoms with Crippen molar-refractivity contribution in [1.82, 2.24) is 0 Å². The zero-order valence-corrected chi connectivity index (χ0v) is 20.3. The lowest BCUT2D eigenvalue weighted by atomic mass is 9.86. The molecule has 168 valence electrons. The molecule has 1 aromatic rings. The van der Waals surface area contributed by atoms with Crippen LogP contribution < -0.4 is 9.47 Å². The van der Waals surface area contributed by atoms with E-state index in [0.717, 1.165) is 24.3 Å². The number of fused-ring (bicyclic) bond motifs is 1. The molecule has 2 heterocycles. The highest BCUT2D eigenvalue weighted by Crippen LogP contribution is 2.54. The number of ether oxygens (including phenoxy) is 3. The highest BCUT2D eigenvalue weighted by molar-refractivity contribution is 7.86. The Morgan fingerprint density at radius 2 is 1.69 bits per heavy atom.